The molecule has 0 saturated carbocycles. The molecule has 1 unspecified atom stereocenters. The number of carbonyl (C=O) groups excluding carboxylic acids is 1. The van der Waals surface area contributed by atoms with E-state index in [1.165, 1.54) is 0 Å². The molecular formula is C10H14O6. The molecule has 2 N–H and O–H groups in total. The molecule has 0 aliphatic heterocycles. The van der Waals surface area contributed by atoms with Crippen LogP contribution in [-0.4, -0.2) is 34.2 Å². The number of carboxylic acid groups (broad SMARTS) is 2. The largest absolute Gasteiger partial charge is 0.481 e. The Balaban J connectivity index is 4.79. The third kappa shape index (κ3) is 4.59. The van der Waals surface area contributed by atoms with Crippen LogP contribution >= 0.6 is 0 Å². The Kier molecular flexibility index (Phi) is 5.21. The minimum atomic E-state index is -1.41. The molecule has 0 amide bonds. The van der Waals surface area contributed by atoms with Crippen LogP contribution in [0, 0.1) is 5.92 Å². The maximum absolute atomic E-state index is 11.4. The van der Waals surface area contributed by atoms with E-state index < -0.39 is 41.9 Å². The SMILES string of the molecule is C=C(C(=O)O)C(CC(=O)O)C(=O)OC(C)C. The molecule has 0 aliphatic rings. The lowest BCUT2D eigenvalue weighted by Crippen LogP contribution is -2.27. The summed E-state index contributed by atoms with van der Waals surface area (Å²) >= 11 is 0. The van der Waals surface area contributed by atoms with Crippen molar-refractivity contribution in [3.8, 4) is 0 Å². The zero-order valence-electron chi connectivity index (χ0n) is 9.10. The van der Waals surface area contributed by atoms with Crippen molar-refractivity contribution in [2.75, 3.05) is 0 Å². The van der Waals surface area contributed by atoms with Crippen molar-refractivity contribution in [3.63, 3.8) is 0 Å². The molecule has 0 aliphatic carbocycles. The van der Waals surface area contributed by atoms with Crippen molar-refractivity contribution >= 4 is 17.9 Å². The van der Waals surface area contributed by atoms with Gasteiger partial charge in [-0.3, -0.25) is 9.59 Å². The van der Waals surface area contributed by atoms with E-state index in [9.17, 15) is 14.4 Å². The average molecular weight is 230 g/mol. The normalized spacial score (nSPS) is 11.9. The molecule has 0 bridgehead atoms. The van der Waals surface area contributed by atoms with Crippen LogP contribution < -0.4 is 0 Å². The number of hydrogen-bond acceptors (Lipinski definition) is 4. The number of carbonyl (C=O) groups is 3. The van der Waals surface area contributed by atoms with Crippen molar-refractivity contribution < 1.29 is 29.3 Å². The molecule has 0 rings (SSSR count). The summed E-state index contributed by atoms with van der Waals surface area (Å²) in [6.45, 7) is 6.34. The molecule has 0 aromatic heterocycles. The van der Waals surface area contributed by atoms with Gasteiger partial charge in [-0.15, -0.1) is 0 Å². The Hall–Kier alpha value is -1.85. The summed E-state index contributed by atoms with van der Waals surface area (Å²) in [6, 6.07) is 0. The highest BCUT2D eigenvalue weighted by molar-refractivity contribution is 5.95. The number of esters is 1. The first kappa shape index (κ1) is 14.2. The van der Waals surface area contributed by atoms with Crippen molar-refractivity contribution in [1.29, 1.82) is 0 Å². The van der Waals surface area contributed by atoms with Crippen LogP contribution in [0.3, 0.4) is 0 Å². The van der Waals surface area contributed by atoms with Crippen molar-refractivity contribution in [1.82, 2.24) is 0 Å². The van der Waals surface area contributed by atoms with Gasteiger partial charge in [0, 0.05) is 5.57 Å². The number of carboxylic acids is 2. The van der Waals surface area contributed by atoms with E-state index in [4.69, 9.17) is 14.9 Å². The second kappa shape index (κ2) is 5.89. The lowest BCUT2D eigenvalue weighted by atomic mass is 9.97. The van der Waals surface area contributed by atoms with E-state index in [2.05, 4.69) is 6.58 Å². The Morgan fingerprint density at radius 2 is 1.75 bits per heavy atom. The Morgan fingerprint density at radius 3 is 2.06 bits per heavy atom. The fraction of sp³-hybridized carbons (Fsp3) is 0.500. The van der Waals surface area contributed by atoms with Gasteiger partial charge in [0.1, 0.15) is 0 Å². The smallest absolute Gasteiger partial charge is 0.331 e. The maximum atomic E-state index is 11.4. The average Bonchev–Trinajstić information content (AvgIpc) is 2.11. The van der Waals surface area contributed by atoms with Crippen LogP contribution in [0.25, 0.3) is 0 Å². The molecule has 0 aromatic carbocycles. The molecule has 6 nitrogen and oxygen atoms in total. The molecule has 0 radical (unpaired) electrons. The van der Waals surface area contributed by atoms with Crippen molar-refractivity contribution in [2.45, 2.75) is 26.4 Å². The molecule has 6 heteroatoms. The first-order valence-corrected chi connectivity index (χ1v) is 4.60. The third-order valence-electron chi connectivity index (χ3n) is 1.71. The second-order valence-corrected chi connectivity index (χ2v) is 3.47. The summed E-state index contributed by atoms with van der Waals surface area (Å²) in [7, 11) is 0. The van der Waals surface area contributed by atoms with Gasteiger partial charge in [-0.05, 0) is 13.8 Å². The number of rotatable bonds is 6. The van der Waals surface area contributed by atoms with Gasteiger partial charge in [-0.2, -0.15) is 0 Å². The van der Waals surface area contributed by atoms with E-state index in [0.717, 1.165) is 0 Å². The van der Waals surface area contributed by atoms with E-state index in [1.54, 1.807) is 13.8 Å². The van der Waals surface area contributed by atoms with E-state index in [-0.39, 0.29) is 0 Å². The van der Waals surface area contributed by atoms with E-state index in [0.29, 0.717) is 0 Å². The first-order chi connectivity index (χ1) is 7.25. The summed E-state index contributed by atoms with van der Waals surface area (Å²) in [5.74, 6) is -4.93. The highest BCUT2D eigenvalue weighted by Crippen LogP contribution is 2.17. The zero-order chi connectivity index (χ0) is 12.9. The standard InChI is InChI=1S/C10H14O6/c1-5(2)16-10(15)7(4-8(11)12)6(3)9(13)14/h5,7H,3-4H2,1-2H3,(H,11,12)(H,13,14). The lowest BCUT2D eigenvalue weighted by molar-refractivity contribution is -0.156. The minimum absolute atomic E-state index is 0.439. The summed E-state index contributed by atoms with van der Waals surface area (Å²) in [6.07, 6.45) is -1.08. The van der Waals surface area contributed by atoms with Gasteiger partial charge in [0.15, 0.2) is 0 Å². The monoisotopic (exact) mass is 230 g/mol. The first-order valence-electron chi connectivity index (χ1n) is 4.60. The molecule has 16 heavy (non-hydrogen) atoms. The predicted octanol–water partition coefficient (Wildman–Crippen LogP) is 0.670. The predicted molar refractivity (Wildman–Crippen MR) is 53.7 cm³/mol. The molecule has 0 saturated heterocycles. The number of hydrogen-bond donors (Lipinski definition) is 2. The van der Waals surface area contributed by atoms with Crippen LogP contribution in [0.1, 0.15) is 20.3 Å². The maximum Gasteiger partial charge on any atom is 0.331 e. The lowest BCUT2D eigenvalue weighted by Gasteiger charge is -2.15. The van der Waals surface area contributed by atoms with Crippen LogP contribution in [0.2, 0.25) is 0 Å². The molecule has 1 atom stereocenters. The van der Waals surface area contributed by atoms with Crippen LogP contribution in [0.15, 0.2) is 12.2 Å². The second-order valence-electron chi connectivity index (χ2n) is 3.47. The van der Waals surface area contributed by atoms with E-state index >= 15 is 0 Å². The van der Waals surface area contributed by atoms with Gasteiger partial charge in [-0.1, -0.05) is 6.58 Å². The molecule has 0 fully saturated rings. The summed E-state index contributed by atoms with van der Waals surface area (Å²) in [5.41, 5.74) is -0.479. The molecule has 0 heterocycles. The molecular weight excluding hydrogens is 216 g/mol. The van der Waals surface area contributed by atoms with Gasteiger partial charge in [0.2, 0.25) is 0 Å². The third-order valence-corrected chi connectivity index (χ3v) is 1.71. The molecule has 90 valence electrons. The van der Waals surface area contributed by atoms with Crippen LogP contribution in [0.4, 0.5) is 0 Å². The summed E-state index contributed by atoms with van der Waals surface area (Å²) in [4.78, 5) is 32.5. The summed E-state index contributed by atoms with van der Waals surface area (Å²) < 4.78 is 4.76. The molecule has 0 spiro atoms. The van der Waals surface area contributed by atoms with Gasteiger partial charge < -0.3 is 14.9 Å². The highest BCUT2D eigenvalue weighted by atomic mass is 16.5. The van der Waals surface area contributed by atoms with Gasteiger partial charge >= 0.3 is 17.9 Å². The quantitative estimate of drug-likeness (QED) is 0.513. The topological polar surface area (TPSA) is 101 Å². The van der Waals surface area contributed by atoms with Gasteiger partial charge in [-0.25, -0.2) is 4.79 Å². The minimum Gasteiger partial charge on any atom is -0.481 e. The fourth-order valence-corrected chi connectivity index (χ4v) is 0.987. The summed E-state index contributed by atoms with van der Waals surface area (Å²) in [5, 5.41) is 17.2. The van der Waals surface area contributed by atoms with E-state index in [1.807, 2.05) is 0 Å². The Morgan fingerprint density at radius 1 is 1.25 bits per heavy atom. The number of ether oxygens (including phenoxy) is 1. The Bertz CT molecular complexity index is 317. The number of aliphatic carboxylic acids is 2. The van der Waals surface area contributed by atoms with Crippen molar-refractivity contribution in [2.24, 2.45) is 5.92 Å². The van der Waals surface area contributed by atoms with Gasteiger partial charge in [0.25, 0.3) is 0 Å². The van der Waals surface area contributed by atoms with Gasteiger partial charge in [0.05, 0.1) is 18.4 Å². The van der Waals surface area contributed by atoms with Crippen LogP contribution in [-0.2, 0) is 19.1 Å². The van der Waals surface area contributed by atoms with Crippen LogP contribution in [0.5, 0.6) is 0 Å². The van der Waals surface area contributed by atoms with Crippen molar-refractivity contribution in [3.05, 3.63) is 12.2 Å². The highest BCUT2D eigenvalue weighted by Gasteiger charge is 2.30. The molecule has 0 aromatic rings. The Labute approximate surface area is 92.5 Å². The zero-order valence-corrected chi connectivity index (χ0v) is 9.10. The fourth-order valence-electron chi connectivity index (χ4n) is 0.987.